The fourth-order valence-electron chi connectivity index (χ4n) is 1.40. The molecule has 1 aliphatic heterocycles. The van der Waals surface area contributed by atoms with E-state index in [1.807, 2.05) is 0 Å². The summed E-state index contributed by atoms with van der Waals surface area (Å²) in [5.74, 6) is 0.380. The molecule has 0 aromatic heterocycles. The van der Waals surface area contributed by atoms with E-state index in [0.29, 0.717) is 5.75 Å². The highest BCUT2D eigenvalue weighted by molar-refractivity contribution is 7.86. The maximum atomic E-state index is 11.0. The summed E-state index contributed by atoms with van der Waals surface area (Å²) >= 11 is 4.04. The third-order valence-corrected chi connectivity index (χ3v) is 3.02. The van der Waals surface area contributed by atoms with Gasteiger partial charge in [-0.3, -0.25) is 4.18 Å². The highest BCUT2D eigenvalue weighted by atomic mass is 35.5. The Morgan fingerprint density at radius 3 is 2.44 bits per heavy atom. The SMILES string of the molecule is COC1OC(CS)C(N)C1OS(C)(=O)=O.Cl. The van der Waals surface area contributed by atoms with Crippen LogP contribution in [0.15, 0.2) is 0 Å². The van der Waals surface area contributed by atoms with E-state index in [4.69, 9.17) is 19.4 Å². The van der Waals surface area contributed by atoms with E-state index in [2.05, 4.69) is 12.6 Å². The lowest BCUT2D eigenvalue weighted by molar-refractivity contribution is -0.138. The Morgan fingerprint density at radius 2 is 2.06 bits per heavy atom. The van der Waals surface area contributed by atoms with Crippen LogP contribution in [0.3, 0.4) is 0 Å². The van der Waals surface area contributed by atoms with E-state index < -0.39 is 28.6 Å². The molecule has 0 amide bonds. The Balaban J connectivity index is 0.00000225. The Labute approximate surface area is 107 Å². The molecule has 4 unspecified atom stereocenters. The maximum absolute atomic E-state index is 11.0. The fourth-order valence-corrected chi connectivity index (χ4v) is 2.35. The molecule has 4 atom stereocenters. The van der Waals surface area contributed by atoms with Crippen molar-refractivity contribution in [2.75, 3.05) is 19.1 Å². The van der Waals surface area contributed by atoms with E-state index in [-0.39, 0.29) is 18.5 Å². The Hall–Kier alpha value is 0.430. The summed E-state index contributed by atoms with van der Waals surface area (Å²) in [6.45, 7) is 0. The van der Waals surface area contributed by atoms with Gasteiger partial charge < -0.3 is 15.2 Å². The minimum Gasteiger partial charge on any atom is -0.353 e. The third-order valence-electron chi connectivity index (χ3n) is 2.08. The molecule has 0 aliphatic carbocycles. The maximum Gasteiger partial charge on any atom is 0.264 e. The van der Waals surface area contributed by atoms with Crippen molar-refractivity contribution in [2.45, 2.75) is 24.5 Å². The molecule has 98 valence electrons. The van der Waals surface area contributed by atoms with E-state index in [1.54, 1.807) is 0 Å². The second kappa shape index (κ2) is 6.39. The first-order valence-electron chi connectivity index (χ1n) is 4.32. The molecule has 1 heterocycles. The van der Waals surface area contributed by atoms with Gasteiger partial charge in [0.2, 0.25) is 0 Å². The number of methoxy groups -OCH3 is 1. The topological polar surface area (TPSA) is 87.8 Å². The molecule has 0 aromatic rings. The number of hydrogen-bond donors (Lipinski definition) is 2. The van der Waals surface area contributed by atoms with E-state index in [1.165, 1.54) is 7.11 Å². The number of rotatable bonds is 4. The zero-order valence-electron chi connectivity index (χ0n) is 8.90. The van der Waals surface area contributed by atoms with Crippen molar-refractivity contribution in [2.24, 2.45) is 5.73 Å². The molecule has 0 radical (unpaired) electrons. The van der Waals surface area contributed by atoms with Gasteiger partial charge in [0.1, 0.15) is 6.10 Å². The lowest BCUT2D eigenvalue weighted by Gasteiger charge is -2.18. The Kier molecular flexibility index (Phi) is 6.56. The largest absolute Gasteiger partial charge is 0.353 e. The second-order valence-corrected chi connectivity index (χ2v) is 5.27. The molecule has 0 saturated carbocycles. The fraction of sp³-hybridized carbons (Fsp3) is 1.00. The normalized spacial score (nSPS) is 34.8. The number of hydrogen-bond acceptors (Lipinski definition) is 7. The molecule has 6 nitrogen and oxygen atoms in total. The Bertz CT molecular complexity index is 310. The van der Waals surface area contributed by atoms with Gasteiger partial charge in [-0.05, 0) is 0 Å². The van der Waals surface area contributed by atoms with Crippen molar-refractivity contribution in [1.29, 1.82) is 0 Å². The van der Waals surface area contributed by atoms with Crippen LogP contribution in [-0.4, -0.2) is 52.1 Å². The Morgan fingerprint density at radius 1 is 1.50 bits per heavy atom. The van der Waals surface area contributed by atoms with Gasteiger partial charge in [0.05, 0.1) is 18.4 Å². The molecule has 0 bridgehead atoms. The van der Waals surface area contributed by atoms with Crippen LogP contribution in [0.5, 0.6) is 0 Å². The summed E-state index contributed by atoms with van der Waals surface area (Å²) in [6.07, 6.45) is -1.00. The van der Waals surface area contributed by atoms with E-state index in [9.17, 15) is 8.42 Å². The molecule has 1 aliphatic rings. The predicted octanol–water partition coefficient (Wildman–Crippen LogP) is -0.619. The van der Waals surface area contributed by atoms with Gasteiger partial charge in [-0.1, -0.05) is 0 Å². The summed E-state index contributed by atoms with van der Waals surface area (Å²) in [5, 5.41) is 0. The first-order chi connectivity index (χ1) is 6.89. The summed E-state index contributed by atoms with van der Waals surface area (Å²) < 4.78 is 37.0. The van der Waals surface area contributed by atoms with Crippen molar-refractivity contribution >= 4 is 35.2 Å². The standard InChI is InChI=1S/C7H15NO5S2.ClH/c1-11-7-6(13-15(2,9)10)5(8)4(3-14)12-7;/h4-7,14H,3,8H2,1-2H3;1H. The molecule has 1 rings (SSSR count). The highest BCUT2D eigenvalue weighted by Crippen LogP contribution is 2.24. The monoisotopic (exact) mass is 293 g/mol. The van der Waals surface area contributed by atoms with Crippen LogP contribution in [0.1, 0.15) is 0 Å². The quantitative estimate of drug-likeness (QED) is 0.531. The zero-order chi connectivity index (χ0) is 11.6. The zero-order valence-corrected chi connectivity index (χ0v) is 11.4. The van der Waals surface area contributed by atoms with Crippen LogP contribution in [0.4, 0.5) is 0 Å². The average molecular weight is 294 g/mol. The lowest BCUT2D eigenvalue weighted by Crippen LogP contribution is -2.44. The summed E-state index contributed by atoms with van der Waals surface area (Å²) in [6, 6.07) is -0.567. The molecule has 9 heteroatoms. The molecule has 0 spiro atoms. The van der Waals surface area contributed by atoms with E-state index in [0.717, 1.165) is 6.26 Å². The first kappa shape index (κ1) is 16.4. The van der Waals surface area contributed by atoms with Crippen LogP contribution < -0.4 is 5.73 Å². The van der Waals surface area contributed by atoms with Gasteiger partial charge in [-0.15, -0.1) is 12.4 Å². The predicted molar refractivity (Wildman–Crippen MR) is 64.5 cm³/mol. The third kappa shape index (κ3) is 4.02. The van der Waals surface area contributed by atoms with Crippen molar-refractivity contribution in [3.05, 3.63) is 0 Å². The van der Waals surface area contributed by atoms with Crippen LogP contribution in [0.2, 0.25) is 0 Å². The molecule has 1 saturated heterocycles. The summed E-state index contributed by atoms with van der Waals surface area (Å²) in [5.41, 5.74) is 5.76. The van der Waals surface area contributed by atoms with E-state index >= 15 is 0 Å². The summed E-state index contributed by atoms with van der Waals surface area (Å²) in [7, 11) is -2.18. The molecule has 2 N–H and O–H groups in total. The van der Waals surface area contributed by atoms with Crippen molar-refractivity contribution < 1.29 is 22.1 Å². The second-order valence-electron chi connectivity index (χ2n) is 3.30. The number of ether oxygens (including phenoxy) is 2. The van der Waals surface area contributed by atoms with Crippen LogP contribution in [-0.2, 0) is 23.8 Å². The van der Waals surface area contributed by atoms with Crippen molar-refractivity contribution in [3.63, 3.8) is 0 Å². The van der Waals surface area contributed by atoms with Crippen LogP contribution in [0, 0.1) is 0 Å². The van der Waals surface area contributed by atoms with Gasteiger partial charge in [0.25, 0.3) is 10.1 Å². The van der Waals surface area contributed by atoms with Crippen molar-refractivity contribution in [3.8, 4) is 0 Å². The molecular weight excluding hydrogens is 278 g/mol. The minimum atomic E-state index is -3.58. The van der Waals surface area contributed by atoms with Crippen LogP contribution in [0.25, 0.3) is 0 Å². The van der Waals surface area contributed by atoms with Gasteiger partial charge in [0, 0.05) is 12.9 Å². The highest BCUT2D eigenvalue weighted by Gasteiger charge is 2.44. The average Bonchev–Trinajstić information content (AvgIpc) is 2.42. The molecular formula is C7H16ClNO5S2. The molecule has 0 aromatic carbocycles. The summed E-state index contributed by atoms with van der Waals surface area (Å²) in [4.78, 5) is 0. The number of halogens is 1. The van der Waals surface area contributed by atoms with Gasteiger partial charge in [-0.25, -0.2) is 0 Å². The minimum absolute atomic E-state index is 0. The van der Waals surface area contributed by atoms with Gasteiger partial charge in [0.15, 0.2) is 6.29 Å². The molecule has 1 fully saturated rings. The number of thiol groups is 1. The first-order valence-corrected chi connectivity index (χ1v) is 6.77. The van der Waals surface area contributed by atoms with Crippen molar-refractivity contribution in [1.82, 2.24) is 0 Å². The number of nitrogens with two attached hydrogens (primary N) is 1. The smallest absolute Gasteiger partial charge is 0.264 e. The van der Waals surface area contributed by atoms with Gasteiger partial charge >= 0.3 is 0 Å². The van der Waals surface area contributed by atoms with Crippen LogP contribution >= 0.6 is 25.0 Å². The lowest BCUT2D eigenvalue weighted by atomic mass is 10.1. The molecule has 16 heavy (non-hydrogen) atoms. The van der Waals surface area contributed by atoms with Gasteiger partial charge in [-0.2, -0.15) is 21.0 Å².